The van der Waals surface area contributed by atoms with Crippen LogP contribution >= 0.6 is 0 Å². The van der Waals surface area contributed by atoms with Crippen LogP contribution in [-0.4, -0.2) is 24.5 Å². The first-order valence-corrected chi connectivity index (χ1v) is 7.24. The van der Waals surface area contributed by atoms with E-state index >= 15 is 0 Å². The third kappa shape index (κ3) is 4.66. The van der Waals surface area contributed by atoms with Gasteiger partial charge in [0.1, 0.15) is 11.5 Å². The molecule has 0 aliphatic carbocycles. The number of aryl methyl sites for hydroxylation is 1. The Bertz CT molecular complexity index is 390. The Labute approximate surface area is 118 Å². The summed E-state index contributed by atoms with van der Waals surface area (Å²) in [5, 5.41) is 3.30. The van der Waals surface area contributed by atoms with E-state index in [-0.39, 0.29) is 0 Å². The maximum absolute atomic E-state index is 5.79. The second-order valence-electron chi connectivity index (χ2n) is 6.53. The molecule has 0 fully saturated rings. The lowest BCUT2D eigenvalue weighted by Crippen LogP contribution is -2.38. The zero-order chi connectivity index (χ0) is 14.6. The highest BCUT2D eigenvalue weighted by Gasteiger charge is 2.24. The molecular weight excluding hydrogens is 236 g/mol. The van der Waals surface area contributed by atoms with E-state index in [0.717, 1.165) is 31.2 Å². The van der Waals surface area contributed by atoms with Gasteiger partial charge in [0.15, 0.2) is 0 Å². The van der Waals surface area contributed by atoms with Crippen molar-refractivity contribution in [3.8, 4) is 0 Å². The van der Waals surface area contributed by atoms with Crippen molar-refractivity contribution in [1.29, 1.82) is 0 Å². The number of rotatable bonds is 6. The third-order valence-corrected chi connectivity index (χ3v) is 3.96. The zero-order valence-electron chi connectivity index (χ0n) is 13.6. The Balaban J connectivity index is 2.69. The first-order chi connectivity index (χ1) is 8.75. The van der Waals surface area contributed by atoms with Crippen molar-refractivity contribution in [2.24, 2.45) is 5.41 Å². The third-order valence-electron chi connectivity index (χ3n) is 3.96. The fraction of sp³-hybridized carbons (Fsp3) is 0.750. The Hall–Kier alpha value is -0.800. The summed E-state index contributed by atoms with van der Waals surface area (Å²) >= 11 is 0. The average molecular weight is 266 g/mol. The van der Waals surface area contributed by atoms with E-state index in [0.29, 0.717) is 11.5 Å². The van der Waals surface area contributed by atoms with Crippen LogP contribution in [0.15, 0.2) is 10.5 Å². The van der Waals surface area contributed by atoms with Gasteiger partial charge in [-0.1, -0.05) is 27.7 Å². The molecule has 3 nitrogen and oxygen atoms in total. The molecule has 3 heteroatoms. The van der Waals surface area contributed by atoms with Crippen molar-refractivity contribution >= 4 is 0 Å². The van der Waals surface area contributed by atoms with Crippen LogP contribution in [0.5, 0.6) is 0 Å². The summed E-state index contributed by atoms with van der Waals surface area (Å²) in [6.07, 6.45) is 0. The Morgan fingerprint density at radius 1 is 1.37 bits per heavy atom. The summed E-state index contributed by atoms with van der Waals surface area (Å²) in [5.41, 5.74) is 1.59. The highest BCUT2D eigenvalue weighted by molar-refractivity contribution is 5.20. The van der Waals surface area contributed by atoms with E-state index in [1.807, 2.05) is 0 Å². The van der Waals surface area contributed by atoms with Gasteiger partial charge in [-0.05, 0) is 38.9 Å². The summed E-state index contributed by atoms with van der Waals surface area (Å²) in [5.74, 6) is 2.08. The van der Waals surface area contributed by atoms with Crippen molar-refractivity contribution in [2.75, 3.05) is 13.6 Å². The van der Waals surface area contributed by atoms with Crippen LogP contribution in [0.3, 0.4) is 0 Å². The van der Waals surface area contributed by atoms with Gasteiger partial charge in [-0.25, -0.2) is 0 Å². The predicted octanol–water partition coefficient (Wildman–Crippen LogP) is 3.56. The minimum absolute atomic E-state index is 0.291. The van der Waals surface area contributed by atoms with Crippen molar-refractivity contribution < 1.29 is 4.42 Å². The van der Waals surface area contributed by atoms with Gasteiger partial charge in [-0.15, -0.1) is 0 Å². The minimum Gasteiger partial charge on any atom is -0.465 e. The number of nitrogens with zero attached hydrogens (tertiary/aromatic N) is 1. The van der Waals surface area contributed by atoms with Crippen LogP contribution in [0.25, 0.3) is 0 Å². The zero-order valence-corrected chi connectivity index (χ0v) is 13.6. The largest absolute Gasteiger partial charge is 0.465 e. The smallest absolute Gasteiger partial charge is 0.118 e. The monoisotopic (exact) mass is 266 g/mol. The van der Waals surface area contributed by atoms with Gasteiger partial charge in [-0.3, -0.25) is 4.90 Å². The van der Waals surface area contributed by atoms with E-state index < -0.39 is 0 Å². The van der Waals surface area contributed by atoms with Crippen LogP contribution < -0.4 is 5.32 Å². The Kier molecular flexibility index (Phi) is 5.63. The van der Waals surface area contributed by atoms with E-state index in [4.69, 9.17) is 4.42 Å². The maximum atomic E-state index is 5.79. The van der Waals surface area contributed by atoms with Crippen LogP contribution in [0.2, 0.25) is 0 Å². The molecule has 0 aliphatic heterocycles. The van der Waals surface area contributed by atoms with Crippen LogP contribution in [0.4, 0.5) is 0 Å². The molecule has 0 aromatic carbocycles. The fourth-order valence-corrected chi connectivity index (χ4v) is 2.15. The standard InChI is InChI=1S/C16H30N2O/c1-8-17-10-15-9-14(12(2)19-15)11-18(7)13(3)16(4,5)6/h9,13,17H,8,10-11H2,1-7H3. The van der Waals surface area contributed by atoms with Crippen LogP contribution in [0.1, 0.15) is 51.7 Å². The lowest BCUT2D eigenvalue weighted by Gasteiger charge is -2.35. The normalized spacial score (nSPS) is 14.1. The highest BCUT2D eigenvalue weighted by Crippen LogP contribution is 2.25. The molecule has 1 aromatic heterocycles. The first-order valence-electron chi connectivity index (χ1n) is 7.24. The Morgan fingerprint density at radius 2 is 2.00 bits per heavy atom. The molecule has 0 radical (unpaired) electrons. The van der Waals surface area contributed by atoms with Crippen LogP contribution in [0, 0.1) is 12.3 Å². The van der Waals surface area contributed by atoms with Crippen molar-refractivity contribution in [2.45, 2.75) is 60.7 Å². The summed E-state index contributed by atoms with van der Waals surface area (Å²) in [6, 6.07) is 2.71. The highest BCUT2D eigenvalue weighted by atomic mass is 16.3. The molecule has 1 rings (SSSR count). The average Bonchev–Trinajstić information content (AvgIpc) is 2.65. The molecule has 19 heavy (non-hydrogen) atoms. The molecule has 0 aliphatic rings. The predicted molar refractivity (Wildman–Crippen MR) is 81.2 cm³/mol. The van der Waals surface area contributed by atoms with E-state index in [1.165, 1.54) is 5.56 Å². The number of nitrogens with one attached hydrogen (secondary N) is 1. The lowest BCUT2D eigenvalue weighted by atomic mass is 9.87. The van der Waals surface area contributed by atoms with Crippen LogP contribution in [-0.2, 0) is 13.1 Å². The van der Waals surface area contributed by atoms with Gasteiger partial charge in [0, 0.05) is 18.2 Å². The van der Waals surface area contributed by atoms with E-state index in [1.54, 1.807) is 0 Å². The number of furan rings is 1. The molecule has 0 amide bonds. The summed E-state index contributed by atoms with van der Waals surface area (Å²) in [7, 11) is 2.19. The molecule has 0 spiro atoms. The number of hydrogen-bond donors (Lipinski definition) is 1. The van der Waals surface area contributed by atoms with Gasteiger partial charge < -0.3 is 9.73 Å². The van der Waals surface area contributed by atoms with E-state index in [2.05, 4.69) is 64.9 Å². The maximum Gasteiger partial charge on any atom is 0.118 e. The molecule has 1 unspecified atom stereocenters. The summed E-state index contributed by atoms with van der Waals surface area (Å²) in [4.78, 5) is 2.40. The quantitative estimate of drug-likeness (QED) is 0.853. The summed E-state index contributed by atoms with van der Waals surface area (Å²) < 4.78 is 5.79. The molecule has 0 bridgehead atoms. The fourth-order valence-electron chi connectivity index (χ4n) is 2.15. The minimum atomic E-state index is 0.291. The molecule has 1 N–H and O–H groups in total. The van der Waals surface area contributed by atoms with Gasteiger partial charge in [-0.2, -0.15) is 0 Å². The number of hydrogen-bond acceptors (Lipinski definition) is 3. The topological polar surface area (TPSA) is 28.4 Å². The second kappa shape index (κ2) is 6.58. The molecule has 1 atom stereocenters. The second-order valence-corrected chi connectivity index (χ2v) is 6.53. The van der Waals surface area contributed by atoms with E-state index in [9.17, 15) is 0 Å². The van der Waals surface area contributed by atoms with Gasteiger partial charge >= 0.3 is 0 Å². The molecule has 1 aromatic rings. The van der Waals surface area contributed by atoms with Gasteiger partial charge in [0.25, 0.3) is 0 Å². The summed E-state index contributed by atoms with van der Waals surface area (Å²) in [6.45, 7) is 16.0. The SMILES string of the molecule is CCNCc1cc(CN(C)C(C)C(C)(C)C)c(C)o1. The van der Waals surface area contributed by atoms with Gasteiger partial charge in [0.2, 0.25) is 0 Å². The lowest BCUT2D eigenvalue weighted by molar-refractivity contribution is 0.134. The van der Waals surface area contributed by atoms with Gasteiger partial charge in [0.05, 0.1) is 6.54 Å². The molecular formula is C16H30N2O. The first kappa shape index (κ1) is 16.3. The molecule has 1 heterocycles. The van der Waals surface area contributed by atoms with Crippen molar-refractivity contribution in [1.82, 2.24) is 10.2 Å². The van der Waals surface area contributed by atoms with Crippen molar-refractivity contribution in [3.05, 3.63) is 23.2 Å². The molecule has 0 saturated carbocycles. The van der Waals surface area contributed by atoms with Crippen molar-refractivity contribution in [3.63, 3.8) is 0 Å². The Morgan fingerprint density at radius 3 is 2.53 bits per heavy atom. The molecule has 110 valence electrons. The molecule has 0 saturated heterocycles.